The number of benzene rings is 3. The molecule has 198 valence electrons. The fourth-order valence-electron chi connectivity index (χ4n) is 5.99. The zero-order valence-corrected chi connectivity index (χ0v) is 21.8. The molecule has 1 amide bonds. The molecule has 2 bridgehead atoms. The number of ether oxygens (including phenoxy) is 2. The molecule has 0 radical (unpaired) electrons. The number of amides is 1. The first-order valence-corrected chi connectivity index (χ1v) is 13.1. The van der Waals surface area contributed by atoms with Gasteiger partial charge in [0.05, 0.1) is 19.1 Å². The van der Waals surface area contributed by atoms with Crippen LogP contribution in [0.4, 0.5) is 11.4 Å². The summed E-state index contributed by atoms with van der Waals surface area (Å²) in [5, 5.41) is 11.2. The zero-order valence-electron chi connectivity index (χ0n) is 21.8. The molecule has 8 heteroatoms. The Morgan fingerprint density at radius 1 is 1.00 bits per heavy atom. The smallest absolute Gasteiger partial charge is 0.269 e. The Labute approximate surface area is 222 Å². The second-order valence-electron chi connectivity index (χ2n) is 10.0. The number of nitro groups is 1. The van der Waals surface area contributed by atoms with Crippen molar-refractivity contribution in [3.05, 3.63) is 94.0 Å². The van der Waals surface area contributed by atoms with E-state index in [-0.39, 0.29) is 17.6 Å². The zero-order chi connectivity index (χ0) is 26.6. The maximum atomic E-state index is 14.0. The van der Waals surface area contributed by atoms with Crippen molar-refractivity contribution in [2.45, 2.75) is 37.8 Å². The monoisotopic (exact) mass is 515 g/mol. The Morgan fingerprint density at radius 2 is 1.74 bits per heavy atom. The summed E-state index contributed by atoms with van der Waals surface area (Å²) >= 11 is 0. The highest BCUT2D eigenvalue weighted by Crippen LogP contribution is 2.42. The largest absolute Gasteiger partial charge is 0.493 e. The van der Waals surface area contributed by atoms with Gasteiger partial charge in [-0.1, -0.05) is 30.3 Å². The molecule has 0 N–H and O–H groups in total. The van der Waals surface area contributed by atoms with E-state index in [0.29, 0.717) is 29.0 Å². The first kappa shape index (κ1) is 25.7. The van der Waals surface area contributed by atoms with Crippen LogP contribution in [-0.2, 0) is 6.42 Å². The third-order valence-corrected chi connectivity index (χ3v) is 7.97. The number of methoxy groups -OCH3 is 2. The molecule has 2 saturated heterocycles. The molecule has 8 nitrogen and oxygen atoms in total. The molecule has 3 aliphatic rings. The van der Waals surface area contributed by atoms with Gasteiger partial charge < -0.3 is 14.4 Å². The van der Waals surface area contributed by atoms with Gasteiger partial charge in [-0.3, -0.25) is 19.8 Å². The van der Waals surface area contributed by atoms with Crippen LogP contribution in [0.15, 0.2) is 72.8 Å². The van der Waals surface area contributed by atoms with Crippen LogP contribution in [0.1, 0.15) is 35.2 Å². The van der Waals surface area contributed by atoms with Gasteiger partial charge in [-0.05, 0) is 61.4 Å². The van der Waals surface area contributed by atoms with Gasteiger partial charge in [-0.25, -0.2) is 0 Å². The van der Waals surface area contributed by atoms with Crippen molar-refractivity contribution in [3.8, 4) is 11.5 Å². The lowest BCUT2D eigenvalue weighted by Gasteiger charge is -2.52. The lowest BCUT2D eigenvalue weighted by molar-refractivity contribution is -0.384. The molecular formula is C30H33N3O5. The van der Waals surface area contributed by atoms with Crippen LogP contribution in [0.5, 0.6) is 11.5 Å². The van der Waals surface area contributed by atoms with Crippen molar-refractivity contribution in [3.63, 3.8) is 0 Å². The molecule has 2 aliphatic heterocycles. The van der Waals surface area contributed by atoms with Crippen LogP contribution in [-0.4, -0.2) is 55.1 Å². The molecule has 3 atom stereocenters. The van der Waals surface area contributed by atoms with Crippen LogP contribution >= 0.6 is 0 Å². The molecule has 3 aromatic rings. The number of hydrogen-bond donors (Lipinski definition) is 0. The summed E-state index contributed by atoms with van der Waals surface area (Å²) in [6.07, 6.45) is 4.08. The Kier molecular flexibility index (Phi) is 7.60. The third kappa shape index (κ3) is 5.22. The number of nitro benzene ring substituents is 1. The molecule has 0 spiro atoms. The molecule has 0 unspecified atom stereocenters. The highest BCUT2D eigenvalue weighted by molar-refractivity contribution is 6.06. The number of carbonyl (C=O) groups is 1. The van der Waals surface area contributed by atoms with E-state index in [1.165, 1.54) is 17.7 Å². The minimum Gasteiger partial charge on any atom is -0.493 e. The third-order valence-electron chi connectivity index (χ3n) is 7.97. The molecule has 2 heterocycles. The fourth-order valence-corrected chi connectivity index (χ4v) is 5.99. The summed E-state index contributed by atoms with van der Waals surface area (Å²) in [5.74, 6) is 1.31. The standard InChI is InChI=1S/C30H33N3O5/c1-37-28-15-14-26(19-29(28)38-2)32(30(34)22-8-11-24(12-9-22)33(35)36)27-18-25-13-10-23(27)20-31(25)17-16-21-6-4-3-5-7-21/h3-9,11-12,14-15,19,23,25,27H,10,13,16-18,20H2,1-2H3/t23-,25+,27-/m0/s1. The van der Waals surface area contributed by atoms with E-state index in [0.717, 1.165) is 44.5 Å². The number of fused-ring (bicyclic) bond motifs is 3. The number of carbonyl (C=O) groups excluding carboxylic acids is 1. The van der Waals surface area contributed by atoms with E-state index in [1.54, 1.807) is 26.4 Å². The van der Waals surface area contributed by atoms with Crippen LogP contribution in [0.2, 0.25) is 0 Å². The van der Waals surface area contributed by atoms with Crippen molar-refractivity contribution in [2.75, 3.05) is 32.2 Å². The van der Waals surface area contributed by atoms with E-state index < -0.39 is 4.92 Å². The first-order valence-electron chi connectivity index (χ1n) is 13.1. The second kappa shape index (κ2) is 11.2. The number of nitrogens with zero attached hydrogens (tertiary/aromatic N) is 3. The van der Waals surface area contributed by atoms with Gasteiger partial charge in [0.25, 0.3) is 11.6 Å². The van der Waals surface area contributed by atoms with Crippen LogP contribution in [0.3, 0.4) is 0 Å². The number of hydrogen-bond acceptors (Lipinski definition) is 6. The van der Waals surface area contributed by atoms with E-state index in [4.69, 9.17) is 9.47 Å². The van der Waals surface area contributed by atoms with Gasteiger partial charge in [-0.2, -0.15) is 0 Å². The van der Waals surface area contributed by atoms with Crippen molar-refractivity contribution in [1.82, 2.24) is 4.90 Å². The molecular weight excluding hydrogens is 482 g/mol. The van der Waals surface area contributed by atoms with Crippen molar-refractivity contribution < 1.29 is 19.2 Å². The van der Waals surface area contributed by atoms with Gasteiger partial charge in [0.15, 0.2) is 11.5 Å². The molecule has 3 aromatic carbocycles. The molecule has 38 heavy (non-hydrogen) atoms. The number of rotatable bonds is 9. The predicted octanol–water partition coefficient (Wildman–Crippen LogP) is 5.35. The number of non-ortho nitro benzene ring substituents is 1. The number of piperidine rings is 2. The van der Waals surface area contributed by atoms with Crippen LogP contribution in [0, 0.1) is 16.0 Å². The van der Waals surface area contributed by atoms with Gasteiger partial charge in [0, 0.05) is 54.6 Å². The highest BCUT2D eigenvalue weighted by Gasteiger charge is 2.44. The average molecular weight is 516 g/mol. The van der Waals surface area contributed by atoms with Gasteiger partial charge in [0.1, 0.15) is 0 Å². The minimum absolute atomic E-state index is 0.0162. The van der Waals surface area contributed by atoms with E-state index in [2.05, 4.69) is 29.2 Å². The van der Waals surface area contributed by atoms with Crippen molar-refractivity contribution in [1.29, 1.82) is 0 Å². The summed E-state index contributed by atoms with van der Waals surface area (Å²) in [5.41, 5.74) is 2.46. The summed E-state index contributed by atoms with van der Waals surface area (Å²) in [7, 11) is 3.17. The predicted molar refractivity (Wildman–Crippen MR) is 146 cm³/mol. The number of anilines is 1. The molecule has 6 rings (SSSR count). The lowest BCUT2D eigenvalue weighted by Crippen LogP contribution is -2.60. The topological polar surface area (TPSA) is 85.1 Å². The normalized spacial score (nSPS) is 20.6. The lowest BCUT2D eigenvalue weighted by atomic mass is 9.75. The Balaban J connectivity index is 1.43. The maximum Gasteiger partial charge on any atom is 0.269 e. The molecule has 3 fully saturated rings. The van der Waals surface area contributed by atoms with Gasteiger partial charge in [0.2, 0.25) is 0 Å². The minimum atomic E-state index is -0.454. The van der Waals surface area contributed by atoms with E-state index >= 15 is 0 Å². The van der Waals surface area contributed by atoms with Crippen molar-refractivity contribution >= 4 is 17.3 Å². The van der Waals surface area contributed by atoms with Gasteiger partial charge >= 0.3 is 0 Å². The Bertz CT molecular complexity index is 1280. The molecule has 0 aromatic heterocycles. The summed E-state index contributed by atoms with van der Waals surface area (Å²) in [6.45, 7) is 1.95. The average Bonchev–Trinajstić information content (AvgIpc) is 2.97. The van der Waals surface area contributed by atoms with E-state index in [1.807, 2.05) is 29.2 Å². The Hall–Kier alpha value is -3.91. The van der Waals surface area contributed by atoms with Gasteiger partial charge in [-0.15, -0.1) is 0 Å². The van der Waals surface area contributed by atoms with Crippen LogP contribution < -0.4 is 14.4 Å². The van der Waals surface area contributed by atoms with Crippen LogP contribution in [0.25, 0.3) is 0 Å². The summed E-state index contributed by atoms with van der Waals surface area (Å²) in [6, 6.07) is 22.4. The van der Waals surface area contributed by atoms with E-state index in [9.17, 15) is 14.9 Å². The molecule has 1 saturated carbocycles. The first-order chi connectivity index (χ1) is 18.5. The maximum absolute atomic E-state index is 14.0. The highest BCUT2D eigenvalue weighted by atomic mass is 16.6. The summed E-state index contributed by atoms with van der Waals surface area (Å²) < 4.78 is 11.0. The van der Waals surface area contributed by atoms with Crippen molar-refractivity contribution in [2.24, 2.45) is 5.92 Å². The Morgan fingerprint density at radius 3 is 2.37 bits per heavy atom. The fraction of sp³-hybridized carbons (Fsp3) is 0.367. The quantitative estimate of drug-likeness (QED) is 0.282. The summed E-state index contributed by atoms with van der Waals surface area (Å²) in [4.78, 5) is 29.2. The SMILES string of the molecule is COc1ccc(N(C(=O)c2ccc([N+](=O)[O-])cc2)[C@H]2C[C@H]3CC[C@H]2CN3CCc2ccccc2)cc1OC. The molecule has 1 aliphatic carbocycles. The second-order valence-corrected chi connectivity index (χ2v) is 10.0.